The molecule has 0 aromatic rings. The van der Waals surface area contributed by atoms with E-state index in [1.165, 1.54) is 19.3 Å². The molecule has 0 radical (unpaired) electrons. The van der Waals surface area contributed by atoms with E-state index < -0.39 is 0 Å². The standard InChI is InChI=1S/C12H18N2O/c13-5-1-2-6-14-12(15)11-8-9-3-4-10(11)7-9/h9-11H,1-4,6-8H2,(H,14,15). The number of nitriles is 1. The average molecular weight is 206 g/mol. The van der Waals surface area contributed by atoms with Gasteiger partial charge >= 0.3 is 0 Å². The molecule has 2 rings (SSSR count). The van der Waals surface area contributed by atoms with Gasteiger partial charge in [0.2, 0.25) is 5.91 Å². The van der Waals surface area contributed by atoms with Crippen molar-refractivity contribution in [2.45, 2.75) is 38.5 Å². The number of nitrogens with one attached hydrogen (secondary N) is 1. The summed E-state index contributed by atoms with van der Waals surface area (Å²) in [6.45, 7) is 0.667. The molecule has 0 spiro atoms. The van der Waals surface area contributed by atoms with E-state index in [9.17, 15) is 4.79 Å². The molecule has 3 heteroatoms. The fourth-order valence-electron chi connectivity index (χ4n) is 3.08. The predicted molar refractivity (Wildman–Crippen MR) is 56.8 cm³/mol. The number of carbonyl (C=O) groups excluding carboxylic acids is 1. The number of unbranched alkanes of at least 4 members (excludes halogenated alkanes) is 1. The van der Waals surface area contributed by atoms with Crippen LogP contribution >= 0.6 is 0 Å². The van der Waals surface area contributed by atoms with Crippen LogP contribution in [0.4, 0.5) is 0 Å². The number of nitrogens with zero attached hydrogens (tertiary/aromatic N) is 1. The highest BCUT2D eigenvalue weighted by Crippen LogP contribution is 2.48. The van der Waals surface area contributed by atoms with Gasteiger partial charge in [-0.3, -0.25) is 4.79 Å². The van der Waals surface area contributed by atoms with Crippen molar-refractivity contribution in [3.05, 3.63) is 0 Å². The SMILES string of the molecule is N#CCCCNC(=O)C1CC2CCC1C2. The number of amides is 1. The molecule has 2 aliphatic rings. The number of carbonyl (C=O) groups is 1. The van der Waals surface area contributed by atoms with Crippen LogP contribution in [0.5, 0.6) is 0 Å². The first-order chi connectivity index (χ1) is 7.31. The van der Waals surface area contributed by atoms with Crippen LogP contribution in [-0.4, -0.2) is 12.5 Å². The Hall–Kier alpha value is -1.04. The van der Waals surface area contributed by atoms with Gasteiger partial charge in [0.1, 0.15) is 0 Å². The summed E-state index contributed by atoms with van der Waals surface area (Å²) in [6.07, 6.45) is 6.29. The Balaban J connectivity index is 1.70. The molecule has 15 heavy (non-hydrogen) atoms. The maximum atomic E-state index is 11.8. The van der Waals surface area contributed by atoms with Crippen LogP contribution in [0.2, 0.25) is 0 Å². The van der Waals surface area contributed by atoms with Crippen LogP contribution < -0.4 is 5.32 Å². The van der Waals surface area contributed by atoms with E-state index in [4.69, 9.17) is 5.26 Å². The minimum absolute atomic E-state index is 0.236. The minimum atomic E-state index is 0.236. The molecule has 1 N–H and O–H groups in total. The molecule has 3 atom stereocenters. The zero-order chi connectivity index (χ0) is 10.7. The van der Waals surface area contributed by atoms with Gasteiger partial charge in [0, 0.05) is 18.9 Å². The summed E-state index contributed by atoms with van der Waals surface area (Å²) in [5, 5.41) is 11.3. The monoisotopic (exact) mass is 206 g/mol. The van der Waals surface area contributed by atoms with Crippen molar-refractivity contribution in [2.75, 3.05) is 6.54 Å². The lowest BCUT2D eigenvalue weighted by molar-refractivity contribution is -0.126. The van der Waals surface area contributed by atoms with Crippen molar-refractivity contribution in [2.24, 2.45) is 17.8 Å². The van der Waals surface area contributed by atoms with Crippen LogP contribution in [0, 0.1) is 29.1 Å². The molecule has 0 aromatic carbocycles. The molecule has 2 saturated carbocycles. The molecular formula is C12H18N2O. The maximum absolute atomic E-state index is 11.8. The highest BCUT2D eigenvalue weighted by atomic mass is 16.1. The van der Waals surface area contributed by atoms with Gasteiger partial charge in [-0.15, -0.1) is 0 Å². The lowest BCUT2D eigenvalue weighted by Crippen LogP contribution is -2.34. The molecule has 1 amide bonds. The van der Waals surface area contributed by atoms with Crippen molar-refractivity contribution in [3.63, 3.8) is 0 Å². The van der Waals surface area contributed by atoms with E-state index in [0.29, 0.717) is 18.9 Å². The molecule has 2 bridgehead atoms. The van der Waals surface area contributed by atoms with E-state index in [1.54, 1.807) is 0 Å². The fraction of sp³-hybridized carbons (Fsp3) is 0.833. The van der Waals surface area contributed by atoms with Gasteiger partial charge in [0.25, 0.3) is 0 Å². The molecule has 3 nitrogen and oxygen atoms in total. The molecule has 0 saturated heterocycles. The van der Waals surface area contributed by atoms with Crippen molar-refractivity contribution in [1.29, 1.82) is 5.26 Å². The molecule has 3 unspecified atom stereocenters. The summed E-state index contributed by atoms with van der Waals surface area (Å²) >= 11 is 0. The Labute approximate surface area is 90.8 Å². The first-order valence-corrected chi connectivity index (χ1v) is 5.96. The average Bonchev–Trinajstić information content (AvgIpc) is 2.85. The fourth-order valence-corrected chi connectivity index (χ4v) is 3.08. The molecule has 82 valence electrons. The third-order valence-corrected chi connectivity index (χ3v) is 3.84. The molecule has 0 heterocycles. The van der Waals surface area contributed by atoms with Gasteiger partial charge in [-0.25, -0.2) is 0 Å². The smallest absolute Gasteiger partial charge is 0.223 e. The second kappa shape index (κ2) is 4.65. The van der Waals surface area contributed by atoms with Gasteiger partial charge in [0.15, 0.2) is 0 Å². The van der Waals surface area contributed by atoms with Crippen LogP contribution in [0.1, 0.15) is 38.5 Å². The second-order valence-electron chi connectivity index (χ2n) is 4.83. The Morgan fingerprint density at radius 3 is 2.87 bits per heavy atom. The highest BCUT2D eigenvalue weighted by molar-refractivity contribution is 5.79. The number of fused-ring (bicyclic) bond motifs is 2. The zero-order valence-electron chi connectivity index (χ0n) is 9.04. The van der Waals surface area contributed by atoms with Crippen LogP contribution in [-0.2, 0) is 4.79 Å². The molecule has 0 aliphatic heterocycles. The van der Waals surface area contributed by atoms with Crippen molar-refractivity contribution in [3.8, 4) is 6.07 Å². The Kier molecular flexibility index (Phi) is 3.25. The van der Waals surface area contributed by atoms with E-state index in [2.05, 4.69) is 11.4 Å². The van der Waals surface area contributed by atoms with E-state index in [-0.39, 0.29) is 11.8 Å². The van der Waals surface area contributed by atoms with Crippen LogP contribution in [0.25, 0.3) is 0 Å². The van der Waals surface area contributed by atoms with Gasteiger partial charge in [-0.1, -0.05) is 6.42 Å². The minimum Gasteiger partial charge on any atom is -0.356 e. The summed E-state index contributed by atoms with van der Waals surface area (Å²) in [5.74, 6) is 2.00. The van der Waals surface area contributed by atoms with Gasteiger partial charge in [0.05, 0.1) is 6.07 Å². The van der Waals surface area contributed by atoms with Crippen LogP contribution in [0.15, 0.2) is 0 Å². The predicted octanol–water partition coefficient (Wildman–Crippen LogP) is 1.84. The summed E-state index contributed by atoms with van der Waals surface area (Å²) in [5.41, 5.74) is 0. The molecular weight excluding hydrogens is 188 g/mol. The highest BCUT2D eigenvalue weighted by Gasteiger charge is 2.42. The summed E-state index contributed by atoms with van der Waals surface area (Å²) in [4.78, 5) is 11.8. The summed E-state index contributed by atoms with van der Waals surface area (Å²) in [7, 11) is 0. The second-order valence-corrected chi connectivity index (χ2v) is 4.83. The molecule has 2 fully saturated rings. The summed E-state index contributed by atoms with van der Waals surface area (Å²) in [6, 6.07) is 2.09. The van der Waals surface area contributed by atoms with E-state index in [1.807, 2.05) is 0 Å². The van der Waals surface area contributed by atoms with Gasteiger partial charge in [-0.05, 0) is 37.5 Å². The Bertz CT molecular complexity index is 282. The maximum Gasteiger partial charge on any atom is 0.223 e. The normalized spacial score (nSPS) is 32.6. The van der Waals surface area contributed by atoms with E-state index in [0.717, 1.165) is 18.8 Å². The number of hydrogen-bond acceptors (Lipinski definition) is 2. The first kappa shape index (κ1) is 10.5. The lowest BCUT2D eigenvalue weighted by atomic mass is 9.88. The van der Waals surface area contributed by atoms with Crippen LogP contribution in [0.3, 0.4) is 0 Å². The van der Waals surface area contributed by atoms with Gasteiger partial charge in [-0.2, -0.15) is 5.26 Å². The van der Waals surface area contributed by atoms with E-state index >= 15 is 0 Å². The third-order valence-electron chi connectivity index (χ3n) is 3.84. The van der Waals surface area contributed by atoms with Crippen molar-refractivity contribution < 1.29 is 4.79 Å². The summed E-state index contributed by atoms with van der Waals surface area (Å²) < 4.78 is 0. The zero-order valence-corrected chi connectivity index (χ0v) is 9.04. The molecule has 0 aromatic heterocycles. The molecule has 2 aliphatic carbocycles. The largest absolute Gasteiger partial charge is 0.356 e. The Morgan fingerprint density at radius 1 is 1.40 bits per heavy atom. The van der Waals surface area contributed by atoms with Crippen molar-refractivity contribution in [1.82, 2.24) is 5.32 Å². The Morgan fingerprint density at radius 2 is 2.27 bits per heavy atom. The quantitative estimate of drug-likeness (QED) is 0.713. The first-order valence-electron chi connectivity index (χ1n) is 5.96. The third kappa shape index (κ3) is 2.31. The van der Waals surface area contributed by atoms with Gasteiger partial charge < -0.3 is 5.32 Å². The van der Waals surface area contributed by atoms with Crippen molar-refractivity contribution >= 4 is 5.91 Å². The topological polar surface area (TPSA) is 52.9 Å². The lowest BCUT2D eigenvalue weighted by Gasteiger charge is -2.20. The number of rotatable bonds is 4. The number of hydrogen-bond donors (Lipinski definition) is 1.